The number of rotatable bonds is 3. The third-order valence-electron chi connectivity index (χ3n) is 1.82. The maximum Gasteiger partial charge on any atom is 0.241 e. The van der Waals surface area contributed by atoms with E-state index in [0.717, 1.165) is 0 Å². The Bertz CT molecular complexity index is 309. The molecule has 0 unspecified atom stereocenters. The third kappa shape index (κ3) is 3.79. The van der Waals surface area contributed by atoms with E-state index in [1.165, 1.54) is 11.1 Å². The van der Waals surface area contributed by atoms with E-state index in [-0.39, 0.29) is 0 Å². The molecule has 0 saturated carbocycles. The van der Waals surface area contributed by atoms with Gasteiger partial charge in [-0.25, -0.2) is 0 Å². The van der Waals surface area contributed by atoms with Gasteiger partial charge < -0.3 is 4.43 Å². The predicted octanol–water partition coefficient (Wildman–Crippen LogP) is 3.90. The second-order valence-electron chi connectivity index (χ2n) is 4.40. The first-order valence-corrected chi connectivity index (χ1v) is 8.30. The molecule has 1 aromatic rings. The fourth-order valence-electron chi connectivity index (χ4n) is 1.03. The highest BCUT2D eigenvalue weighted by Gasteiger charge is 2.13. The second-order valence-corrected chi connectivity index (χ2v) is 8.86. The van der Waals surface area contributed by atoms with Crippen molar-refractivity contribution in [1.82, 2.24) is 0 Å². The Morgan fingerprint density at radius 1 is 1.14 bits per heavy atom. The van der Waals surface area contributed by atoms with Crippen LogP contribution in [0.3, 0.4) is 0 Å². The van der Waals surface area contributed by atoms with Crippen LogP contribution in [0, 0.1) is 0 Å². The zero-order chi connectivity index (χ0) is 10.6. The fraction of sp³-hybridized carbons (Fsp3) is 0.333. The first kappa shape index (κ1) is 11.1. The number of hydrogen-bond acceptors (Lipinski definition) is 1. The number of allylic oxidation sites excluding steroid dienone is 1. The molecule has 1 rings (SSSR count). The fourth-order valence-corrected chi connectivity index (χ4v) is 1.56. The van der Waals surface area contributed by atoms with Gasteiger partial charge in [0, 0.05) is 0 Å². The van der Waals surface area contributed by atoms with Gasteiger partial charge in [0.1, 0.15) is 0 Å². The van der Waals surface area contributed by atoms with Gasteiger partial charge in [-0.3, -0.25) is 0 Å². The van der Waals surface area contributed by atoms with E-state index in [9.17, 15) is 0 Å². The maximum atomic E-state index is 5.72. The van der Waals surface area contributed by atoms with E-state index in [0.29, 0.717) is 0 Å². The van der Waals surface area contributed by atoms with Crippen molar-refractivity contribution in [2.75, 3.05) is 0 Å². The molecule has 0 aromatic heterocycles. The van der Waals surface area contributed by atoms with Crippen LogP contribution in [-0.2, 0) is 4.43 Å². The summed E-state index contributed by atoms with van der Waals surface area (Å²) in [7, 11) is -1.43. The van der Waals surface area contributed by atoms with E-state index in [1.54, 1.807) is 0 Å². The van der Waals surface area contributed by atoms with Crippen molar-refractivity contribution in [1.29, 1.82) is 0 Å². The number of hydrogen-bond donors (Lipinski definition) is 0. The standard InChI is InChI=1S/C12H18OSi/c1-11(10-13-14(2,3)4)12-8-6-5-7-9-12/h5-10H,1-4H3. The first-order valence-electron chi connectivity index (χ1n) is 4.89. The van der Waals surface area contributed by atoms with Crippen LogP contribution in [0.25, 0.3) is 5.57 Å². The lowest BCUT2D eigenvalue weighted by Gasteiger charge is -2.16. The Kier molecular flexibility index (Phi) is 3.53. The van der Waals surface area contributed by atoms with Gasteiger partial charge in [0.2, 0.25) is 8.32 Å². The average Bonchev–Trinajstić information content (AvgIpc) is 2.14. The van der Waals surface area contributed by atoms with Crippen molar-refractivity contribution in [3.8, 4) is 0 Å². The molecule has 0 aliphatic carbocycles. The van der Waals surface area contributed by atoms with E-state index in [2.05, 4.69) is 38.7 Å². The summed E-state index contributed by atoms with van der Waals surface area (Å²) in [5.74, 6) is 0. The van der Waals surface area contributed by atoms with Crippen molar-refractivity contribution >= 4 is 13.9 Å². The van der Waals surface area contributed by atoms with Crippen LogP contribution in [0.15, 0.2) is 36.6 Å². The Hall–Kier alpha value is -1.02. The largest absolute Gasteiger partial charge is 0.549 e. The summed E-state index contributed by atoms with van der Waals surface area (Å²) in [5, 5.41) is 0. The molecule has 0 radical (unpaired) electrons. The van der Waals surface area contributed by atoms with Gasteiger partial charge >= 0.3 is 0 Å². The molecule has 0 aliphatic rings. The average molecular weight is 206 g/mol. The minimum Gasteiger partial charge on any atom is -0.549 e. The molecule has 76 valence electrons. The van der Waals surface area contributed by atoms with Gasteiger partial charge in [0.15, 0.2) is 0 Å². The Balaban J connectivity index is 2.71. The highest BCUT2D eigenvalue weighted by molar-refractivity contribution is 6.69. The Morgan fingerprint density at radius 3 is 2.21 bits per heavy atom. The minimum absolute atomic E-state index is 1.19. The monoisotopic (exact) mass is 206 g/mol. The lowest BCUT2D eigenvalue weighted by Crippen LogP contribution is -2.22. The lowest BCUT2D eigenvalue weighted by molar-refractivity contribution is 0.481. The second kappa shape index (κ2) is 4.47. The Labute approximate surface area is 87.5 Å². The van der Waals surface area contributed by atoms with Crippen LogP contribution in [0.4, 0.5) is 0 Å². The molecule has 1 aromatic carbocycles. The molecule has 0 heterocycles. The molecule has 1 nitrogen and oxygen atoms in total. The topological polar surface area (TPSA) is 9.23 Å². The van der Waals surface area contributed by atoms with Crippen LogP contribution < -0.4 is 0 Å². The summed E-state index contributed by atoms with van der Waals surface area (Å²) < 4.78 is 5.72. The summed E-state index contributed by atoms with van der Waals surface area (Å²) in [4.78, 5) is 0. The molecule has 2 heteroatoms. The smallest absolute Gasteiger partial charge is 0.241 e. The maximum absolute atomic E-state index is 5.72. The molecule has 0 aliphatic heterocycles. The van der Waals surface area contributed by atoms with Gasteiger partial charge in [-0.1, -0.05) is 30.3 Å². The molecule has 0 bridgehead atoms. The van der Waals surface area contributed by atoms with Gasteiger partial charge in [0.25, 0.3) is 0 Å². The summed E-state index contributed by atoms with van der Waals surface area (Å²) in [5.41, 5.74) is 2.42. The van der Waals surface area contributed by atoms with Gasteiger partial charge in [-0.05, 0) is 37.7 Å². The Morgan fingerprint density at radius 2 is 1.71 bits per heavy atom. The van der Waals surface area contributed by atoms with Crippen LogP contribution >= 0.6 is 0 Å². The van der Waals surface area contributed by atoms with Crippen molar-refractivity contribution < 1.29 is 4.43 Å². The summed E-state index contributed by atoms with van der Waals surface area (Å²) >= 11 is 0. The van der Waals surface area contributed by atoms with Crippen LogP contribution in [0.5, 0.6) is 0 Å². The van der Waals surface area contributed by atoms with Crippen LogP contribution in [0.1, 0.15) is 12.5 Å². The minimum atomic E-state index is -1.43. The van der Waals surface area contributed by atoms with Gasteiger partial charge in [0.05, 0.1) is 6.26 Å². The van der Waals surface area contributed by atoms with E-state index >= 15 is 0 Å². The zero-order valence-corrected chi connectivity index (χ0v) is 10.4. The van der Waals surface area contributed by atoms with Crippen molar-refractivity contribution in [3.63, 3.8) is 0 Å². The molecule has 0 atom stereocenters. The molecule has 0 fully saturated rings. The molecular formula is C12H18OSi. The summed E-state index contributed by atoms with van der Waals surface area (Å²) in [6.07, 6.45) is 1.89. The van der Waals surface area contributed by atoms with Crippen molar-refractivity contribution in [2.24, 2.45) is 0 Å². The van der Waals surface area contributed by atoms with E-state index in [4.69, 9.17) is 4.43 Å². The third-order valence-corrected chi connectivity index (χ3v) is 2.64. The number of benzene rings is 1. The molecule has 0 saturated heterocycles. The highest BCUT2D eigenvalue weighted by Crippen LogP contribution is 2.14. The highest BCUT2D eigenvalue weighted by atomic mass is 28.4. The summed E-state index contributed by atoms with van der Waals surface area (Å²) in [6.45, 7) is 8.63. The SMILES string of the molecule is CC(=CO[Si](C)(C)C)c1ccccc1. The van der Waals surface area contributed by atoms with Crippen molar-refractivity contribution in [2.45, 2.75) is 26.6 Å². The van der Waals surface area contributed by atoms with Crippen LogP contribution in [0.2, 0.25) is 19.6 Å². The molecule has 0 spiro atoms. The molecular weight excluding hydrogens is 188 g/mol. The molecule has 0 amide bonds. The predicted molar refractivity (Wildman–Crippen MR) is 64.5 cm³/mol. The van der Waals surface area contributed by atoms with Crippen LogP contribution in [-0.4, -0.2) is 8.32 Å². The first-order chi connectivity index (χ1) is 6.49. The quantitative estimate of drug-likeness (QED) is 0.538. The van der Waals surface area contributed by atoms with Gasteiger partial charge in [-0.15, -0.1) is 0 Å². The normalized spacial score (nSPS) is 12.7. The van der Waals surface area contributed by atoms with E-state index < -0.39 is 8.32 Å². The lowest BCUT2D eigenvalue weighted by atomic mass is 10.1. The molecule has 14 heavy (non-hydrogen) atoms. The summed E-state index contributed by atoms with van der Waals surface area (Å²) in [6, 6.07) is 10.3. The van der Waals surface area contributed by atoms with Crippen molar-refractivity contribution in [3.05, 3.63) is 42.2 Å². The van der Waals surface area contributed by atoms with E-state index in [1.807, 2.05) is 24.5 Å². The van der Waals surface area contributed by atoms with Gasteiger partial charge in [-0.2, -0.15) is 0 Å². The zero-order valence-electron chi connectivity index (χ0n) is 9.37. The molecule has 0 N–H and O–H groups in total.